The molecule has 0 spiro atoms. The first-order valence-electron chi connectivity index (χ1n) is 5.04. The van der Waals surface area contributed by atoms with E-state index < -0.39 is 35.1 Å². The lowest BCUT2D eigenvalue weighted by Crippen LogP contribution is -2.44. The molecule has 0 radical (unpaired) electrons. The molecule has 106 valence electrons. The van der Waals surface area contributed by atoms with Crippen LogP contribution in [0, 0.1) is 0 Å². The van der Waals surface area contributed by atoms with Crippen LogP contribution in [0.25, 0.3) is 0 Å². The zero-order valence-corrected chi connectivity index (χ0v) is 10.5. The molecule has 0 bridgehead atoms. The molecule has 1 amide bonds. The molecule has 9 nitrogen and oxygen atoms in total. The number of carbonyl (C=O) groups is 2. The van der Waals surface area contributed by atoms with Crippen LogP contribution >= 0.6 is 0 Å². The molecule has 0 aliphatic rings. The Bertz CT molecular complexity index is 379. The zero-order chi connectivity index (χ0) is 14.2. The zero-order valence-electron chi connectivity index (χ0n) is 9.66. The van der Waals surface area contributed by atoms with Gasteiger partial charge in [0.2, 0.25) is 0 Å². The van der Waals surface area contributed by atoms with Crippen LogP contribution in [-0.4, -0.2) is 49.4 Å². The molecule has 0 aliphatic carbocycles. The number of carbonyl (C=O) groups excluding carboxylic acids is 1. The summed E-state index contributed by atoms with van der Waals surface area (Å²) < 4.78 is 37.2. The second-order valence-electron chi connectivity index (χ2n) is 3.24. The molecule has 0 aromatic carbocycles. The summed E-state index contributed by atoms with van der Waals surface area (Å²) >= 11 is 0. The highest BCUT2D eigenvalue weighted by Crippen LogP contribution is 1.94. The number of hydrogen-bond donors (Lipinski definition) is 3. The molecule has 0 heterocycles. The van der Waals surface area contributed by atoms with E-state index >= 15 is 0 Å². The van der Waals surface area contributed by atoms with Gasteiger partial charge in [-0.15, -0.1) is 0 Å². The summed E-state index contributed by atoms with van der Waals surface area (Å²) in [6.45, 7) is 1.06. The maximum atomic E-state index is 11.1. The van der Waals surface area contributed by atoms with Gasteiger partial charge < -0.3 is 15.2 Å². The number of unbranched alkanes of at least 4 members (excludes halogenated alkanes) is 1. The van der Waals surface area contributed by atoms with Crippen molar-refractivity contribution in [1.82, 2.24) is 5.32 Å². The van der Waals surface area contributed by atoms with Gasteiger partial charge in [-0.1, -0.05) is 13.3 Å². The van der Waals surface area contributed by atoms with Crippen LogP contribution < -0.4 is 5.32 Å². The third-order valence-electron chi connectivity index (χ3n) is 1.70. The fourth-order valence-electron chi connectivity index (χ4n) is 0.822. The van der Waals surface area contributed by atoms with Crippen LogP contribution in [0.2, 0.25) is 0 Å². The van der Waals surface area contributed by atoms with Gasteiger partial charge in [-0.25, -0.2) is 13.8 Å². The lowest BCUT2D eigenvalue weighted by Gasteiger charge is -2.13. The quantitative estimate of drug-likeness (QED) is 0.411. The number of nitrogens with one attached hydrogen (secondary N) is 1. The van der Waals surface area contributed by atoms with Crippen molar-refractivity contribution in [2.45, 2.75) is 25.8 Å². The van der Waals surface area contributed by atoms with Gasteiger partial charge in [0.15, 0.2) is 6.04 Å². The summed E-state index contributed by atoms with van der Waals surface area (Å²) in [6, 6.07) is -1.64. The number of alkyl carbamates (subject to hydrolysis) is 1. The molecular weight excluding hydrogens is 270 g/mol. The Kier molecular flexibility index (Phi) is 7.24. The number of carboxylic acids is 1. The summed E-state index contributed by atoms with van der Waals surface area (Å²) in [7, 11) is -4.76. The minimum atomic E-state index is -4.76. The van der Waals surface area contributed by atoms with E-state index in [2.05, 4.69) is 8.92 Å². The largest absolute Gasteiger partial charge is 0.480 e. The highest BCUT2D eigenvalue weighted by atomic mass is 32.3. The highest BCUT2D eigenvalue weighted by molar-refractivity contribution is 7.80. The van der Waals surface area contributed by atoms with Crippen molar-refractivity contribution >= 4 is 22.5 Å². The Morgan fingerprint density at radius 1 is 1.39 bits per heavy atom. The number of amides is 1. The van der Waals surface area contributed by atoms with Crippen LogP contribution in [0.15, 0.2) is 0 Å². The van der Waals surface area contributed by atoms with E-state index in [1.165, 1.54) is 0 Å². The second kappa shape index (κ2) is 7.84. The first-order valence-corrected chi connectivity index (χ1v) is 6.40. The summed E-state index contributed by atoms with van der Waals surface area (Å²) in [5.74, 6) is -1.52. The molecule has 0 aromatic rings. The van der Waals surface area contributed by atoms with E-state index in [1.54, 1.807) is 0 Å². The standard InChI is InChI=1S/C8H15NO8S/c1-2-3-4-16-8(12)9-6(7(10)11)5-17-18(13,14)15/h6H,2-5H2,1H3,(H,9,12)(H,10,11)(H,13,14,15)/t6-/m0/s1. The summed E-state index contributed by atoms with van der Waals surface area (Å²) in [6.07, 6.45) is 0.406. The molecule has 0 aliphatic heterocycles. The maximum Gasteiger partial charge on any atom is 0.407 e. The Hall–Kier alpha value is -1.39. The Balaban J connectivity index is 4.19. The summed E-state index contributed by atoms with van der Waals surface area (Å²) in [5, 5.41) is 10.6. The molecule has 10 heteroatoms. The van der Waals surface area contributed by atoms with Crippen molar-refractivity contribution in [3.05, 3.63) is 0 Å². The third-order valence-corrected chi connectivity index (χ3v) is 2.14. The van der Waals surface area contributed by atoms with E-state index in [0.717, 1.165) is 6.42 Å². The van der Waals surface area contributed by atoms with E-state index in [4.69, 9.17) is 9.66 Å². The Morgan fingerprint density at radius 2 is 2.00 bits per heavy atom. The van der Waals surface area contributed by atoms with Crippen LogP contribution in [0.4, 0.5) is 4.79 Å². The van der Waals surface area contributed by atoms with E-state index in [-0.39, 0.29) is 6.61 Å². The smallest absolute Gasteiger partial charge is 0.407 e. The van der Waals surface area contributed by atoms with Gasteiger partial charge in [0.05, 0.1) is 13.2 Å². The van der Waals surface area contributed by atoms with Gasteiger partial charge in [-0.3, -0.25) is 4.55 Å². The number of carboxylic acid groups (broad SMARTS) is 1. The molecule has 0 unspecified atom stereocenters. The number of ether oxygens (including phenoxy) is 1. The van der Waals surface area contributed by atoms with Crippen molar-refractivity contribution in [3.8, 4) is 0 Å². The summed E-state index contributed by atoms with van der Waals surface area (Å²) in [5.41, 5.74) is 0. The van der Waals surface area contributed by atoms with Gasteiger partial charge in [-0.2, -0.15) is 8.42 Å². The average molecular weight is 285 g/mol. The highest BCUT2D eigenvalue weighted by Gasteiger charge is 2.23. The van der Waals surface area contributed by atoms with Crippen LogP contribution in [0.1, 0.15) is 19.8 Å². The molecule has 3 N–H and O–H groups in total. The molecule has 0 fully saturated rings. The topological polar surface area (TPSA) is 139 Å². The maximum absolute atomic E-state index is 11.1. The fraction of sp³-hybridized carbons (Fsp3) is 0.750. The minimum Gasteiger partial charge on any atom is -0.480 e. The van der Waals surface area contributed by atoms with Gasteiger partial charge >= 0.3 is 22.5 Å². The van der Waals surface area contributed by atoms with Crippen molar-refractivity contribution in [2.75, 3.05) is 13.2 Å². The van der Waals surface area contributed by atoms with Crippen LogP contribution in [-0.2, 0) is 24.1 Å². The van der Waals surface area contributed by atoms with E-state index in [1.807, 2.05) is 12.2 Å². The fourth-order valence-corrected chi connectivity index (χ4v) is 1.13. The van der Waals surface area contributed by atoms with E-state index in [0.29, 0.717) is 6.42 Å². The predicted molar refractivity (Wildman–Crippen MR) is 58.3 cm³/mol. The predicted octanol–water partition coefficient (Wildman–Crippen LogP) is -0.215. The van der Waals surface area contributed by atoms with Crippen molar-refractivity contribution in [1.29, 1.82) is 0 Å². The van der Waals surface area contributed by atoms with Crippen molar-refractivity contribution in [3.63, 3.8) is 0 Å². The first kappa shape index (κ1) is 16.6. The molecule has 0 saturated heterocycles. The first-order chi connectivity index (χ1) is 8.26. The molecule has 0 saturated carbocycles. The van der Waals surface area contributed by atoms with Gasteiger partial charge in [0, 0.05) is 0 Å². The van der Waals surface area contributed by atoms with Crippen LogP contribution in [0.3, 0.4) is 0 Å². The lowest BCUT2D eigenvalue weighted by molar-refractivity contribution is -0.140. The van der Waals surface area contributed by atoms with Gasteiger partial charge in [0.1, 0.15) is 0 Å². The monoisotopic (exact) mass is 285 g/mol. The molecular formula is C8H15NO8S. The van der Waals surface area contributed by atoms with Crippen molar-refractivity contribution < 1.29 is 36.6 Å². The average Bonchev–Trinajstić information content (AvgIpc) is 2.22. The van der Waals surface area contributed by atoms with Gasteiger partial charge in [-0.05, 0) is 6.42 Å². The number of rotatable bonds is 8. The normalized spacial score (nSPS) is 12.8. The molecule has 0 rings (SSSR count). The summed E-state index contributed by atoms with van der Waals surface area (Å²) in [4.78, 5) is 21.7. The Labute approximate surface area is 104 Å². The molecule has 1 atom stereocenters. The molecule has 0 aromatic heterocycles. The number of hydrogen-bond acceptors (Lipinski definition) is 6. The molecule has 18 heavy (non-hydrogen) atoms. The third kappa shape index (κ3) is 8.73. The van der Waals surface area contributed by atoms with Crippen molar-refractivity contribution in [2.24, 2.45) is 0 Å². The lowest BCUT2D eigenvalue weighted by atomic mass is 10.3. The van der Waals surface area contributed by atoms with E-state index in [9.17, 15) is 18.0 Å². The van der Waals surface area contributed by atoms with Gasteiger partial charge in [0.25, 0.3) is 0 Å². The SMILES string of the molecule is CCCCOC(=O)N[C@@H](COS(=O)(=O)O)C(=O)O. The second-order valence-corrected chi connectivity index (χ2v) is 4.33. The van der Waals surface area contributed by atoms with Crippen LogP contribution in [0.5, 0.6) is 0 Å². The Morgan fingerprint density at radius 3 is 2.44 bits per heavy atom. The number of aliphatic carboxylic acids is 1. The minimum absolute atomic E-state index is 0.119.